The average molecular weight is 557 g/mol. The van der Waals surface area contributed by atoms with E-state index in [2.05, 4.69) is 30.2 Å². The number of benzene rings is 1. The molecule has 0 radical (unpaired) electrons. The summed E-state index contributed by atoms with van der Waals surface area (Å²) in [6, 6.07) is 8.10. The molecule has 1 aromatic rings. The molecule has 1 unspecified atom stereocenters. The van der Waals surface area contributed by atoms with Crippen molar-refractivity contribution in [2.45, 2.75) is 76.9 Å². The van der Waals surface area contributed by atoms with Crippen molar-refractivity contribution in [2.75, 3.05) is 26.1 Å². The van der Waals surface area contributed by atoms with Gasteiger partial charge in [0.05, 0.1) is 18.5 Å². The molecule has 1 aliphatic heterocycles. The summed E-state index contributed by atoms with van der Waals surface area (Å²) in [6.45, 7) is 8.69. The predicted molar refractivity (Wildman–Crippen MR) is 156 cm³/mol. The van der Waals surface area contributed by atoms with E-state index in [1.165, 1.54) is 16.7 Å². The van der Waals surface area contributed by atoms with Crippen LogP contribution >= 0.6 is 17.9 Å². The van der Waals surface area contributed by atoms with Crippen LogP contribution in [0.2, 0.25) is 0 Å². The van der Waals surface area contributed by atoms with Crippen molar-refractivity contribution >= 4 is 29.0 Å². The highest BCUT2D eigenvalue weighted by atomic mass is 32.3. The van der Waals surface area contributed by atoms with E-state index < -0.39 is 17.9 Å². The van der Waals surface area contributed by atoms with Crippen LogP contribution in [0.15, 0.2) is 47.1 Å². The molecule has 5 nitrogen and oxygen atoms in total. The second-order valence-corrected chi connectivity index (χ2v) is 16.3. The summed E-state index contributed by atoms with van der Waals surface area (Å²) in [6.07, 6.45) is 7.53. The summed E-state index contributed by atoms with van der Waals surface area (Å²) in [5.41, 5.74) is 5.45. The number of hydrogen-bond donors (Lipinski definition) is 0. The summed E-state index contributed by atoms with van der Waals surface area (Å²) < 4.78 is 31.0. The molecule has 2 fully saturated rings. The Morgan fingerprint density at radius 2 is 1.79 bits per heavy atom. The van der Waals surface area contributed by atoms with Crippen molar-refractivity contribution in [3.63, 3.8) is 0 Å². The van der Waals surface area contributed by atoms with Crippen molar-refractivity contribution in [1.82, 2.24) is 0 Å². The number of fused-ring (bicyclic) bond motifs is 4. The largest absolute Gasteiger partial charge is 0.361 e. The summed E-state index contributed by atoms with van der Waals surface area (Å²) in [4.78, 5) is 12.3. The van der Waals surface area contributed by atoms with Gasteiger partial charge >= 0.3 is 7.60 Å². The Labute approximate surface area is 229 Å². The first kappa shape index (κ1) is 27.9. The Kier molecular flexibility index (Phi) is 7.91. The standard InChI is InChI=1S/C31H41O5PS/c1-6-18-38(34-5)19-17-29-27-15-11-23-20-24(32)12-16-26(23)30(27)28(21-31(29,38)4)22-9-13-25(14-10-22)37(33,35-7-2)36-8-3/h9-10,13-14,20,27-29H,7-8,11-12,15-17,19,21H2,1-5H3/t27-,28+,29-,31-/m0/s1. The molecule has 1 saturated heterocycles. The Hall–Kier alpha value is -1.61. The number of carbonyl (C=O) groups excluding carboxylic acids is 1. The third kappa shape index (κ3) is 4.40. The molecule has 3 aliphatic carbocycles. The molecule has 4 aliphatic rings. The van der Waals surface area contributed by atoms with E-state index in [1.807, 2.05) is 46.1 Å². The topological polar surface area (TPSA) is 61.8 Å². The second-order valence-electron chi connectivity index (χ2n) is 11.0. The van der Waals surface area contributed by atoms with E-state index in [0.29, 0.717) is 36.8 Å². The summed E-state index contributed by atoms with van der Waals surface area (Å²) >= 11 is 0. The van der Waals surface area contributed by atoms with E-state index in [9.17, 15) is 9.36 Å². The van der Waals surface area contributed by atoms with Crippen LogP contribution in [0.4, 0.5) is 0 Å². The van der Waals surface area contributed by atoms with Gasteiger partial charge in [0, 0.05) is 29.9 Å². The first-order valence-electron chi connectivity index (χ1n) is 14.0. The zero-order chi connectivity index (χ0) is 27.1. The van der Waals surface area contributed by atoms with Gasteiger partial charge < -0.3 is 13.2 Å². The summed E-state index contributed by atoms with van der Waals surface area (Å²) in [5.74, 6) is 5.73. The summed E-state index contributed by atoms with van der Waals surface area (Å²) in [5, 5.41) is 4.20. The van der Waals surface area contributed by atoms with Gasteiger partial charge in [0.25, 0.3) is 0 Å². The molecule has 206 valence electrons. The molecule has 5 atom stereocenters. The van der Waals surface area contributed by atoms with Crippen LogP contribution in [0.3, 0.4) is 0 Å². The monoisotopic (exact) mass is 556 g/mol. The number of allylic oxidation sites excluding steroid dienone is 4. The number of rotatable bonds is 7. The SMILES string of the molecule is CC#CS1(OC)CC[C@H]2[C@@H]3CCC4=CC(=O)CCC4=C3[C@@H](c3ccc(P(=O)(OCC)OCC)cc3)C[C@@]21C. The van der Waals surface area contributed by atoms with Crippen LogP contribution in [0, 0.1) is 23.0 Å². The van der Waals surface area contributed by atoms with Gasteiger partial charge in [0.2, 0.25) is 0 Å². The molecule has 1 aromatic carbocycles. The van der Waals surface area contributed by atoms with E-state index in [1.54, 1.807) is 5.57 Å². The zero-order valence-corrected chi connectivity index (χ0v) is 25.1. The maximum Gasteiger partial charge on any atom is 0.361 e. The lowest BCUT2D eigenvalue weighted by molar-refractivity contribution is -0.114. The lowest BCUT2D eigenvalue weighted by Crippen LogP contribution is -2.47. The van der Waals surface area contributed by atoms with Gasteiger partial charge in [-0.15, -0.1) is 0 Å². The molecular formula is C31H41O5PS. The Bertz CT molecular complexity index is 1260. The van der Waals surface area contributed by atoms with Gasteiger partial charge in [-0.2, -0.15) is 0 Å². The van der Waals surface area contributed by atoms with E-state index in [-0.39, 0.29) is 16.4 Å². The lowest BCUT2D eigenvalue weighted by atomic mass is 9.57. The van der Waals surface area contributed by atoms with Crippen molar-refractivity contribution in [2.24, 2.45) is 11.8 Å². The van der Waals surface area contributed by atoms with Gasteiger partial charge in [0.1, 0.15) is 0 Å². The number of carbonyl (C=O) groups is 1. The molecule has 0 N–H and O–H groups in total. The normalized spacial score (nSPS) is 34.3. The molecule has 0 bridgehead atoms. The predicted octanol–water partition coefficient (Wildman–Crippen LogP) is 7.19. The van der Waals surface area contributed by atoms with Crippen molar-refractivity contribution in [1.29, 1.82) is 0 Å². The average Bonchev–Trinajstić information content (AvgIpc) is 3.20. The third-order valence-corrected chi connectivity index (χ3v) is 15.3. The third-order valence-electron chi connectivity index (χ3n) is 9.30. The highest BCUT2D eigenvalue weighted by Crippen LogP contribution is 2.75. The molecule has 0 aromatic heterocycles. The first-order chi connectivity index (χ1) is 18.3. The van der Waals surface area contributed by atoms with Gasteiger partial charge in [-0.25, -0.2) is 0 Å². The van der Waals surface area contributed by atoms with E-state index >= 15 is 0 Å². The smallest absolute Gasteiger partial charge is 0.328 e. The van der Waals surface area contributed by atoms with E-state index in [0.717, 1.165) is 37.9 Å². The molecule has 1 heterocycles. The Balaban J connectivity index is 1.63. The maximum atomic E-state index is 13.4. The first-order valence-corrected chi connectivity index (χ1v) is 17.3. The highest BCUT2D eigenvalue weighted by Gasteiger charge is 2.61. The van der Waals surface area contributed by atoms with Crippen molar-refractivity contribution in [3.8, 4) is 11.2 Å². The quantitative estimate of drug-likeness (QED) is 0.263. The Morgan fingerprint density at radius 1 is 1.08 bits per heavy atom. The molecular weight excluding hydrogens is 515 g/mol. The summed E-state index contributed by atoms with van der Waals surface area (Å²) in [7, 11) is -3.05. The fourth-order valence-corrected chi connectivity index (χ4v) is 12.9. The number of ketones is 1. The molecule has 38 heavy (non-hydrogen) atoms. The van der Waals surface area contributed by atoms with Crippen LogP contribution in [0.25, 0.3) is 0 Å². The van der Waals surface area contributed by atoms with Gasteiger partial charge in [-0.3, -0.25) is 9.36 Å². The van der Waals surface area contributed by atoms with Crippen molar-refractivity contribution < 1.29 is 22.6 Å². The molecule has 5 rings (SSSR count). The van der Waals surface area contributed by atoms with Gasteiger partial charge in [-0.05, 0) is 112 Å². The van der Waals surface area contributed by atoms with Crippen LogP contribution in [0.5, 0.6) is 0 Å². The Morgan fingerprint density at radius 3 is 2.42 bits per heavy atom. The fraction of sp³-hybridized carbons (Fsp3) is 0.581. The van der Waals surface area contributed by atoms with Gasteiger partial charge in [0.15, 0.2) is 5.78 Å². The second kappa shape index (κ2) is 10.8. The lowest BCUT2D eigenvalue weighted by Gasteiger charge is -2.56. The van der Waals surface area contributed by atoms with Crippen LogP contribution < -0.4 is 5.30 Å². The zero-order valence-electron chi connectivity index (χ0n) is 23.4. The minimum Gasteiger partial charge on any atom is -0.328 e. The van der Waals surface area contributed by atoms with E-state index in [4.69, 9.17) is 13.2 Å². The molecule has 0 spiro atoms. The van der Waals surface area contributed by atoms with Crippen LogP contribution in [-0.2, 0) is 22.6 Å². The minimum atomic E-state index is -3.35. The molecule has 0 amide bonds. The molecule has 1 saturated carbocycles. The van der Waals surface area contributed by atoms with Crippen LogP contribution in [0.1, 0.15) is 77.7 Å². The fourth-order valence-electron chi connectivity index (χ4n) is 7.76. The van der Waals surface area contributed by atoms with Crippen molar-refractivity contribution in [3.05, 3.63) is 52.6 Å². The molecule has 7 heteroatoms. The minimum absolute atomic E-state index is 0.0134. The van der Waals surface area contributed by atoms with Gasteiger partial charge in [-0.1, -0.05) is 33.9 Å². The van der Waals surface area contributed by atoms with Crippen LogP contribution in [-0.4, -0.2) is 36.6 Å². The number of hydrogen-bond acceptors (Lipinski definition) is 5. The maximum absolute atomic E-state index is 13.4. The highest BCUT2D eigenvalue weighted by molar-refractivity contribution is 8.35.